The van der Waals surface area contributed by atoms with Crippen LogP contribution in [0.2, 0.25) is 0 Å². The number of anilines is 1. The van der Waals surface area contributed by atoms with Gasteiger partial charge in [0, 0.05) is 18.2 Å². The molecule has 1 N–H and O–H groups in total. The maximum absolute atomic E-state index is 13.5. The van der Waals surface area contributed by atoms with E-state index in [2.05, 4.69) is 46.0 Å². The van der Waals surface area contributed by atoms with E-state index in [4.69, 9.17) is 4.74 Å². The Morgan fingerprint density at radius 1 is 1.00 bits per heavy atom. The van der Waals surface area contributed by atoms with Gasteiger partial charge >= 0.3 is 6.03 Å². The van der Waals surface area contributed by atoms with Crippen LogP contribution < -0.4 is 10.1 Å². The summed E-state index contributed by atoms with van der Waals surface area (Å²) in [5.74, 6) is 0.984. The molecule has 1 fully saturated rings. The number of likely N-dealkylation sites (tertiary alicyclic amines) is 1. The van der Waals surface area contributed by atoms with E-state index in [-0.39, 0.29) is 18.0 Å². The number of carbonyl (C=O) groups is 1. The minimum absolute atomic E-state index is 0.0963. The van der Waals surface area contributed by atoms with Gasteiger partial charge in [-0.05, 0) is 47.9 Å². The van der Waals surface area contributed by atoms with Crippen LogP contribution in [-0.2, 0) is 0 Å². The lowest BCUT2D eigenvalue weighted by Crippen LogP contribution is -2.35. The van der Waals surface area contributed by atoms with Crippen molar-refractivity contribution >= 4 is 11.7 Å². The van der Waals surface area contributed by atoms with E-state index >= 15 is 0 Å². The summed E-state index contributed by atoms with van der Waals surface area (Å²) in [5, 5.41) is 11.0. The number of hydrogen-bond donors (Lipinski definition) is 1. The number of hydrogen-bond acceptors (Lipinski definition) is 4. The fourth-order valence-electron chi connectivity index (χ4n) is 4.57. The molecule has 1 aliphatic heterocycles. The molecule has 0 radical (unpaired) electrons. The summed E-state index contributed by atoms with van der Waals surface area (Å²) in [7, 11) is 1.66. The molecular weight excluding hydrogens is 414 g/mol. The molecule has 7 nitrogen and oxygen atoms in total. The fraction of sp³-hybridized carbons (Fsp3) is 0.192. The Morgan fingerprint density at radius 3 is 2.61 bits per heavy atom. The third-order valence-corrected chi connectivity index (χ3v) is 6.11. The molecule has 5 rings (SSSR count). The lowest BCUT2D eigenvalue weighted by Gasteiger charge is -2.29. The van der Waals surface area contributed by atoms with Crippen molar-refractivity contribution in [1.29, 1.82) is 0 Å². The highest BCUT2D eigenvalue weighted by Crippen LogP contribution is 2.44. The van der Waals surface area contributed by atoms with Gasteiger partial charge in [0.1, 0.15) is 5.75 Å². The third kappa shape index (κ3) is 4.30. The summed E-state index contributed by atoms with van der Waals surface area (Å²) in [6, 6.07) is 25.8. The van der Waals surface area contributed by atoms with Gasteiger partial charge in [-0.25, -0.2) is 9.48 Å². The smallest absolute Gasteiger partial charge is 0.322 e. The molecule has 3 aromatic carbocycles. The van der Waals surface area contributed by atoms with Gasteiger partial charge < -0.3 is 15.0 Å². The number of nitrogens with zero attached hydrogens (tertiary/aromatic N) is 4. The zero-order valence-electron chi connectivity index (χ0n) is 18.3. The van der Waals surface area contributed by atoms with E-state index in [0.717, 1.165) is 23.4 Å². The number of carbonyl (C=O) groups excluding carboxylic acids is 1. The topological polar surface area (TPSA) is 72.3 Å². The van der Waals surface area contributed by atoms with Crippen molar-refractivity contribution in [2.75, 3.05) is 19.0 Å². The molecule has 0 aliphatic carbocycles. The molecule has 2 atom stereocenters. The molecule has 1 aliphatic rings. The van der Waals surface area contributed by atoms with Crippen molar-refractivity contribution in [2.24, 2.45) is 0 Å². The average molecular weight is 440 g/mol. The Hall–Kier alpha value is -4.13. The number of urea groups is 1. The van der Waals surface area contributed by atoms with Crippen molar-refractivity contribution in [3.8, 4) is 11.4 Å². The number of nitrogens with one attached hydrogen (secondary N) is 1. The van der Waals surface area contributed by atoms with E-state index < -0.39 is 0 Å². The Balaban J connectivity index is 1.44. The van der Waals surface area contributed by atoms with Crippen LogP contribution >= 0.6 is 0 Å². The predicted molar refractivity (Wildman–Crippen MR) is 127 cm³/mol. The van der Waals surface area contributed by atoms with Gasteiger partial charge in [0.2, 0.25) is 0 Å². The summed E-state index contributed by atoms with van der Waals surface area (Å²) in [6.07, 6.45) is 4.28. The molecule has 0 saturated carbocycles. The molecule has 7 heteroatoms. The van der Waals surface area contributed by atoms with Crippen molar-refractivity contribution in [2.45, 2.75) is 18.4 Å². The van der Waals surface area contributed by atoms with E-state index in [9.17, 15) is 4.79 Å². The summed E-state index contributed by atoms with van der Waals surface area (Å²) in [6.45, 7) is 0.663. The summed E-state index contributed by atoms with van der Waals surface area (Å²) in [4.78, 5) is 15.4. The van der Waals surface area contributed by atoms with Gasteiger partial charge in [0.05, 0.1) is 31.2 Å². The second-order valence-corrected chi connectivity index (χ2v) is 8.05. The number of ether oxygens (including phenoxy) is 1. The zero-order chi connectivity index (χ0) is 22.6. The molecule has 4 aromatic rings. The quantitative estimate of drug-likeness (QED) is 0.473. The van der Waals surface area contributed by atoms with Gasteiger partial charge in [0.25, 0.3) is 0 Å². The lowest BCUT2D eigenvalue weighted by molar-refractivity contribution is 0.204. The average Bonchev–Trinajstić information content (AvgIpc) is 3.55. The highest BCUT2D eigenvalue weighted by Gasteiger charge is 2.39. The van der Waals surface area contributed by atoms with Crippen molar-refractivity contribution < 1.29 is 9.53 Å². The highest BCUT2D eigenvalue weighted by atomic mass is 16.5. The molecule has 0 bridgehead atoms. The van der Waals surface area contributed by atoms with Crippen LogP contribution in [0, 0.1) is 0 Å². The van der Waals surface area contributed by atoms with Gasteiger partial charge in [0.15, 0.2) is 0 Å². The second kappa shape index (κ2) is 9.16. The van der Waals surface area contributed by atoms with Crippen LogP contribution in [0.5, 0.6) is 5.75 Å². The van der Waals surface area contributed by atoms with Gasteiger partial charge in [-0.1, -0.05) is 53.7 Å². The standard InChI is InChI=1S/C26H25N5O2/c1-33-23-12-5-9-20(17-23)25-24(19-7-3-2-4-8-19)13-15-30(25)26(32)28-21-10-6-11-22(18-21)31-16-14-27-29-31/h2-12,14,16-18,24-25H,13,15H2,1H3,(H,28,32). The number of amides is 2. The molecular formula is C26H25N5O2. The van der Waals surface area contributed by atoms with E-state index in [1.54, 1.807) is 24.2 Å². The number of benzene rings is 3. The first-order valence-electron chi connectivity index (χ1n) is 11.0. The largest absolute Gasteiger partial charge is 0.497 e. The fourth-order valence-corrected chi connectivity index (χ4v) is 4.57. The first kappa shape index (κ1) is 20.8. The van der Waals surface area contributed by atoms with E-state index in [0.29, 0.717) is 12.2 Å². The maximum Gasteiger partial charge on any atom is 0.322 e. The molecule has 0 spiro atoms. The molecule has 1 aromatic heterocycles. The van der Waals surface area contributed by atoms with E-state index in [1.165, 1.54) is 5.56 Å². The monoisotopic (exact) mass is 439 g/mol. The summed E-state index contributed by atoms with van der Waals surface area (Å²) in [5.41, 5.74) is 3.83. The molecule has 2 unspecified atom stereocenters. The molecule has 2 amide bonds. The zero-order valence-corrected chi connectivity index (χ0v) is 18.3. The number of methoxy groups -OCH3 is 1. The van der Waals surface area contributed by atoms with Crippen LogP contribution in [0.4, 0.5) is 10.5 Å². The Labute approximate surface area is 192 Å². The summed E-state index contributed by atoms with van der Waals surface area (Å²) >= 11 is 0. The van der Waals surface area contributed by atoms with Crippen molar-refractivity contribution in [3.63, 3.8) is 0 Å². The summed E-state index contributed by atoms with van der Waals surface area (Å²) < 4.78 is 7.13. The molecule has 166 valence electrons. The van der Waals surface area contributed by atoms with Crippen LogP contribution in [-0.4, -0.2) is 39.6 Å². The maximum atomic E-state index is 13.5. The highest BCUT2D eigenvalue weighted by molar-refractivity contribution is 5.90. The first-order valence-corrected chi connectivity index (χ1v) is 11.0. The van der Waals surface area contributed by atoms with Gasteiger partial charge in [-0.3, -0.25) is 0 Å². The minimum Gasteiger partial charge on any atom is -0.497 e. The molecule has 1 saturated heterocycles. The SMILES string of the molecule is COc1cccc(C2C(c3ccccc3)CCN2C(=O)Nc2cccc(-n3ccnn3)c2)c1. The van der Waals surface area contributed by atoms with Crippen molar-refractivity contribution in [3.05, 3.63) is 102 Å². The van der Waals surface area contributed by atoms with Gasteiger partial charge in [-0.15, -0.1) is 5.10 Å². The molecule has 33 heavy (non-hydrogen) atoms. The minimum atomic E-state index is -0.128. The van der Waals surface area contributed by atoms with Crippen LogP contribution in [0.3, 0.4) is 0 Å². The molecule has 2 heterocycles. The van der Waals surface area contributed by atoms with E-state index in [1.807, 2.05) is 53.4 Å². The first-order chi connectivity index (χ1) is 16.2. The van der Waals surface area contributed by atoms with Gasteiger partial charge in [-0.2, -0.15) is 0 Å². The van der Waals surface area contributed by atoms with Crippen molar-refractivity contribution in [1.82, 2.24) is 19.9 Å². The number of rotatable bonds is 5. The Bertz CT molecular complexity index is 1230. The Kier molecular flexibility index (Phi) is 5.76. The normalized spacial score (nSPS) is 17.7. The van der Waals surface area contributed by atoms with Crippen LogP contribution in [0.15, 0.2) is 91.3 Å². The number of aromatic nitrogens is 3. The third-order valence-electron chi connectivity index (χ3n) is 6.11. The predicted octanol–water partition coefficient (Wildman–Crippen LogP) is 5.04. The van der Waals surface area contributed by atoms with Crippen LogP contribution in [0.1, 0.15) is 29.5 Å². The lowest BCUT2D eigenvalue weighted by atomic mass is 9.87. The second-order valence-electron chi connectivity index (χ2n) is 8.05. The Morgan fingerprint density at radius 2 is 1.82 bits per heavy atom. The van der Waals surface area contributed by atoms with Crippen LogP contribution in [0.25, 0.3) is 5.69 Å².